The first-order valence-corrected chi connectivity index (χ1v) is 4.10. The lowest BCUT2D eigenvalue weighted by molar-refractivity contribution is -0.385. The quantitative estimate of drug-likeness (QED) is 0.591. The predicted octanol–water partition coefficient (Wildman–Crippen LogP) is 1.30. The van der Waals surface area contributed by atoms with Gasteiger partial charge in [0.15, 0.2) is 5.56 Å². The lowest BCUT2D eigenvalue weighted by Crippen LogP contribution is -2.12. The van der Waals surface area contributed by atoms with Crippen molar-refractivity contribution >= 4 is 17.6 Å². The maximum atomic E-state index is 10.8. The highest BCUT2D eigenvalue weighted by molar-refractivity contribution is 6.05. The second-order valence-electron chi connectivity index (χ2n) is 3.02. The van der Waals surface area contributed by atoms with Gasteiger partial charge in [0.2, 0.25) is 0 Å². The number of aryl methyl sites for hydroxylation is 1. The third kappa shape index (κ3) is 1.83. The third-order valence-corrected chi connectivity index (χ3v) is 2.01. The summed E-state index contributed by atoms with van der Waals surface area (Å²) in [6, 6.07) is 2.24. The van der Waals surface area contributed by atoms with E-state index in [9.17, 15) is 19.7 Å². The summed E-state index contributed by atoms with van der Waals surface area (Å²) in [4.78, 5) is 31.3. The van der Waals surface area contributed by atoms with Gasteiger partial charge in [0, 0.05) is 5.56 Å². The Morgan fingerprint density at radius 2 is 1.81 bits per heavy atom. The molecule has 0 heterocycles. The Bertz CT molecular complexity index is 493. The Labute approximate surface area is 89.1 Å². The first-order chi connectivity index (χ1) is 7.36. The lowest BCUT2D eigenvalue weighted by atomic mass is 10.0. The Morgan fingerprint density at radius 3 is 2.19 bits per heavy atom. The van der Waals surface area contributed by atoms with Crippen molar-refractivity contribution in [2.45, 2.75) is 6.92 Å². The zero-order valence-corrected chi connectivity index (χ0v) is 8.13. The van der Waals surface area contributed by atoms with Gasteiger partial charge in [-0.2, -0.15) is 0 Å². The molecule has 0 radical (unpaired) electrons. The van der Waals surface area contributed by atoms with Crippen LogP contribution in [0.15, 0.2) is 12.1 Å². The molecule has 0 aliphatic rings. The summed E-state index contributed by atoms with van der Waals surface area (Å²) in [7, 11) is 0. The van der Waals surface area contributed by atoms with Crippen LogP contribution in [0.2, 0.25) is 0 Å². The third-order valence-electron chi connectivity index (χ3n) is 2.01. The SMILES string of the molecule is Cc1ccc(C(=O)O)c(C(=O)O)c1[N+](=O)[O-]. The van der Waals surface area contributed by atoms with Crippen molar-refractivity contribution in [3.05, 3.63) is 38.9 Å². The van der Waals surface area contributed by atoms with Gasteiger partial charge in [-0.05, 0) is 13.0 Å². The van der Waals surface area contributed by atoms with E-state index in [4.69, 9.17) is 10.2 Å². The zero-order chi connectivity index (χ0) is 12.5. The van der Waals surface area contributed by atoms with Gasteiger partial charge in [0.1, 0.15) is 0 Å². The molecule has 84 valence electrons. The molecule has 0 aliphatic carbocycles. The molecular formula is C9H7NO6. The average Bonchev–Trinajstić information content (AvgIpc) is 2.15. The zero-order valence-electron chi connectivity index (χ0n) is 8.13. The largest absolute Gasteiger partial charge is 0.478 e. The fraction of sp³-hybridized carbons (Fsp3) is 0.111. The van der Waals surface area contributed by atoms with Crippen molar-refractivity contribution in [2.24, 2.45) is 0 Å². The molecule has 0 atom stereocenters. The summed E-state index contributed by atoms with van der Waals surface area (Å²) in [5.41, 5.74) is -1.97. The van der Waals surface area contributed by atoms with Crippen molar-refractivity contribution in [2.75, 3.05) is 0 Å². The van der Waals surface area contributed by atoms with Crippen molar-refractivity contribution in [3.8, 4) is 0 Å². The number of hydrogen-bond acceptors (Lipinski definition) is 4. The van der Waals surface area contributed by atoms with Crippen LogP contribution in [0, 0.1) is 17.0 Å². The molecule has 0 saturated carbocycles. The minimum Gasteiger partial charge on any atom is -0.478 e. The molecule has 1 aromatic carbocycles. The maximum absolute atomic E-state index is 10.8. The monoisotopic (exact) mass is 225 g/mol. The van der Waals surface area contributed by atoms with Gasteiger partial charge in [0.25, 0.3) is 5.69 Å². The molecule has 7 heteroatoms. The lowest BCUT2D eigenvalue weighted by Gasteiger charge is -2.04. The van der Waals surface area contributed by atoms with E-state index >= 15 is 0 Å². The first kappa shape index (κ1) is 11.6. The number of rotatable bonds is 3. The fourth-order valence-electron chi connectivity index (χ4n) is 1.33. The van der Waals surface area contributed by atoms with Crippen LogP contribution in [0.1, 0.15) is 26.3 Å². The molecule has 1 rings (SSSR count). The highest BCUT2D eigenvalue weighted by atomic mass is 16.6. The van der Waals surface area contributed by atoms with Crippen LogP contribution in [0.5, 0.6) is 0 Å². The van der Waals surface area contributed by atoms with E-state index in [-0.39, 0.29) is 5.56 Å². The number of carboxylic acids is 2. The van der Waals surface area contributed by atoms with Gasteiger partial charge in [-0.1, -0.05) is 6.07 Å². The first-order valence-electron chi connectivity index (χ1n) is 4.10. The van der Waals surface area contributed by atoms with Crippen molar-refractivity contribution < 1.29 is 24.7 Å². The normalized spacial score (nSPS) is 9.81. The Hall–Kier alpha value is -2.44. The molecule has 2 N–H and O–H groups in total. The predicted molar refractivity (Wildman–Crippen MR) is 51.8 cm³/mol. The second-order valence-corrected chi connectivity index (χ2v) is 3.02. The van der Waals surface area contributed by atoms with Gasteiger partial charge in [0.05, 0.1) is 10.5 Å². The van der Waals surface area contributed by atoms with Crippen LogP contribution in [-0.4, -0.2) is 27.1 Å². The maximum Gasteiger partial charge on any atom is 0.343 e. The second kappa shape index (κ2) is 3.97. The molecule has 16 heavy (non-hydrogen) atoms. The Kier molecular flexibility index (Phi) is 2.89. The molecule has 1 aromatic rings. The molecule has 0 spiro atoms. The molecule has 0 unspecified atom stereocenters. The highest BCUT2D eigenvalue weighted by Crippen LogP contribution is 2.26. The smallest absolute Gasteiger partial charge is 0.343 e. The summed E-state index contributed by atoms with van der Waals surface area (Å²) >= 11 is 0. The van der Waals surface area contributed by atoms with Gasteiger partial charge in [-0.25, -0.2) is 9.59 Å². The topological polar surface area (TPSA) is 118 Å². The van der Waals surface area contributed by atoms with E-state index in [1.54, 1.807) is 0 Å². The summed E-state index contributed by atoms with van der Waals surface area (Å²) in [5, 5.41) is 28.2. The van der Waals surface area contributed by atoms with E-state index in [1.807, 2.05) is 0 Å². The van der Waals surface area contributed by atoms with E-state index in [0.717, 1.165) is 6.07 Å². The number of aromatic carboxylic acids is 2. The van der Waals surface area contributed by atoms with Crippen molar-refractivity contribution in [3.63, 3.8) is 0 Å². The van der Waals surface area contributed by atoms with Crippen LogP contribution < -0.4 is 0 Å². The van der Waals surface area contributed by atoms with Crippen molar-refractivity contribution in [1.29, 1.82) is 0 Å². The standard InChI is InChI=1S/C9H7NO6/c1-4-2-3-5(8(11)12)6(9(13)14)7(4)10(15)16/h2-3H,1H3,(H,11,12)(H,13,14). The molecule has 0 aromatic heterocycles. The van der Waals surface area contributed by atoms with Crippen LogP contribution in [0.3, 0.4) is 0 Å². The van der Waals surface area contributed by atoms with E-state index in [1.165, 1.54) is 13.0 Å². The van der Waals surface area contributed by atoms with Crippen LogP contribution >= 0.6 is 0 Å². The molecule has 0 fully saturated rings. The minimum atomic E-state index is -1.63. The molecule has 7 nitrogen and oxygen atoms in total. The van der Waals surface area contributed by atoms with Crippen LogP contribution in [0.4, 0.5) is 5.69 Å². The van der Waals surface area contributed by atoms with Crippen molar-refractivity contribution in [1.82, 2.24) is 0 Å². The number of carboxylic acid groups (broad SMARTS) is 2. The Balaban J connectivity index is 3.70. The molecule has 0 saturated heterocycles. The van der Waals surface area contributed by atoms with Crippen LogP contribution in [0.25, 0.3) is 0 Å². The number of nitro benzene ring substituents is 1. The highest BCUT2D eigenvalue weighted by Gasteiger charge is 2.28. The van der Waals surface area contributed by atoms with Gasteiger partial charge < -0.3 is 10.2 Å². The summed E-state index contributed by atoms with van der Waals surface area (Å²) < 4.78 is 0. The average molecular weight is 225 g/mol. The number of benzene rings is 1. The number of nitro groups is 1. The van der Waals surface area contributed by atoms with Gasteiger partial charge >= 0.3 is 11.9 Å². The number of hydrogen-bond donors (Lipinski definition) is 2. The molecule has 0 amide bonds. The van der Waals surface area contributed by atoms with E-state index < -0.39 is 33.7 Å². The number of nitrogens with zero attached hydrogens (tertiary/aromatic N) is 1. The molecule has 0 bridgehead atoms. The summed E-state index contributed by atoms with van der Waals surface area (Å²) in [6.07, 6.45) is 0. The summed E-state index contributed by atoms with van der Waals surface area (Å²) in [5.74, 6) is -3.15. The molecular weight excluding hydrogens is 218 g/mol. The fourth-order valence-corrected chi connectivity index (χ4v) is 1.33. The van der Waals surface area contributed by atoms with E-state index in [2.05, 4.69) is 0 Å². The Morgan fingerprint density at radius 1 is 1.25 bits per heavy atom. The number of carbonyl (C=O) groups is 2. The van der Waals surface area contributed by atoms with Gasteiger partial charge in [-0.15, -0.1) is 0 Å². The van der Waals surface area contributed by atoms with Crippen LogP contribution in [-0.2, 0) is 0 Å². The summed E-state index contributed by atoms with van der Waals surface area (Å²) in [6.45, 7) is 1.34. The van der Waals surface area contributed by atoms with E-state index in [0.29, 0.717) is 0 Å². The molecule has 0 aliphatic heterocycles. The van der Waals surface area contributed by atoms with Gasteiger partial charge in [-0.3, -0.25) is 10.1 Å². The minimum absolute atomic E-state index is 0.104.